The molecule has 0 aromatic carbocycles. The second-order valence-corrected chi connectivity index (χ2v) is 4.87. The molecule has 1 aromatic heterocycles. The van der Waals surface area contributed by atoms with Crippen LogP contribution in [0.2, 0.25) is 0 Å². The van der Waals surface area contributed by atoms with E-state index in [1.54, 1.807) is 6.20 Å². The molecule has 90 valence electrons. The van der Waals surface area contributed by atoms with E-state index in [0.717, 1.165) is 27.7 Å². The first-order valence-corrected chi connectivity index (χ1v) is 6.56. The number of aliphatic hydroxyl groups excluding tert-OH is 1. The highest BCUT2D eigenvalue weighted by molar-refractivity contribution is 9.11. The van der Waals surface area contributed by atoms with Crippen LogP contribution < -0.4 is 5.32 Å². The van der Waals surface area contributed by atoms with Crippen molar-refractivity contribution in [3.8, 4) is 0 Å². The normalized spacial score (nSPS) is 10.4. The number of hydrogen-bond donors (Lipinski definition) is 2. The Kier molecular flexibility index (Phi) is 6.95. The minimum atomic E-state index is 0.0766. The average Bonchev–Trinajstić information content (AvgIpc) is 2.26. The van der Waals surface area contributed by atoms with Gasteiger partial charge in [-0.25, -0.2) is 4.98 Å². The first-order valence-electron chi connectivity index (χ1n) is 4.97. The van der Waals surface area contributed by atoms with E-state index in [-0.39, 0.29) is 6.61 Å². The molecule has 0 amide bonds. The fourth-order valence-corrected chi connectivity index (χ4v) is 2.22. The van der Waals surface area contributed by atoms with Gasteiger partial charge in [0.25, 0.3) is 0 Å². The summed E-state index contributed by atoms with van der Waals surface area (Å²) in [7, 11) is 0. The van der Waals surface area contributed by atoms with E-state index in [9.17, 15) is 0 Å². The molecule has 0 bridgehead atoms. The fourth-order valence-electron chi connectivity index (χ4n) is 1.09. The molecule has 0 fully saturated rings. The largest absolute Gasteiger partial charge is 0.394 e. The molecule has 0 aliphatic rings. The maximum atomic E-state index is 8.50. The minimum absolute atomic E-state index is 0.0766. The molecule has 16 heavy (non-hydrogen) atoms. The maximum absolute atomic E-state index is 8.50. The summed E-state index contributed by atoms with van der Waals surface area (Å²) in [5.41, 5.74) is 0. The second-order valence-electron chi connectivity index (χ2n) is 3.10. The molecule has 0 saturated carbocycles. The van der Waals surface area contributed by atoms with Crippen LogP contribution >= 0.6 is 31.9 Å². The van der Waals surface area contributed by atoms with E-state index in [4.69, 9.17) is 9.84 Å². The Bertz CT molecular complexity index is 324. The summed E-state index contributed by atoms with van der Waals surface area (Å²) < 4.78 is 7.01. The lowest BCUT2D eigenvalue weighted by atomic mass is 10.4. The molecule has 1 rings (SSSR count). The Morgan fingerprint density at radius 1 is 1.38 bits per heavy atom. The molecule has 0 radical (unpaired) electrons. The third-order valence-corrected chi connectivity index (χ3v) is 2.84. The number of nitrogens with zero attached hydrogens (tertiary/aromatic N) is 1. The molecule has 2 N–H and O–H groups in total. The monoisotopic (exact) mass is 352 g/mol. The average molecular weight is 354 g/mol. The van der Waals surface area contributed by atoms with E-state index < -0.39 is 0 Å². The van der Waals surface area contributed by atoms with Gasteiger partial charge in [-0.2, -0.15) is 0 Å². The number of halogens is 2. The van der Waals surface area contributed by atoms with Gasteiger partial charge in [0.1, 0.15) is 5.82 Å². The van der Waals surface area contributed by atoms with Crippen LogP contribution in [-0.4, -0.2) is 36.5 Å². The van der Waals surface area contributed by atoms with Gasteiger partial charge >= 0.3 is 0 Å². The number of pyridine rings is 1. The van der Waals surface area contributed by atoms with Crippen molar-refractivity contribution >= 4 is 37.7 Å². The van der Waals surface area contributed by atoms with Crippen molar-refractivity contribution in [2.24, 2.45) is 0 Å². The standard InChI is InChI=1S/C10H14Br2N2O2/c11-8-6-9(12)10(14-7-8)13-2-1-4-16-5-3-15/h6-7,15H,1-5H2,(H,13,14). The molecule has 1 aromatic rings. The molecule has 4 nitrogen and oxygen atoms in total. The van der Waals surface area contributed by atoms with Crippen molar-refractivity contribution < 1.29 is 9.84 Å². The first kappa shape index (κ1) is 13.9. The van der Waals surface area contributed by atoms with Crippen LogP contribution in [0.3, 0.4) is 0 Å². The zero-order valence-corrected chi connectivity index (χ0v) is 11.9. The van der Waals surface area contributed by atoms with E-state index in [2.05, 4.69) is 42.2 Å². The van der Waals surface area contributed by atoms with Gasteiger partial charge < -0.3 is 15.2 Å². The Morgan fingerprint density at radius 2 is 2.19 bits per heavy atom. The van der Waals surface area contributed by atoms with Crippen LogP contribution in [-0.2, 0) is 4.74 Å². The van der Waals surface area contributed by atoms with Crippen LogP contribution in [0.25, 0.3) is 0 Å². The molecule has 0 atom stereocenters. The highest BCUT2D eigenvalue weighted by Crippen LogP contribution is 2.23. The Balaban J connectivity index is 2.21. The highest BCUT2D eigenvalue weighted by Gasteiger charge is 2.00. The van der Waals surface area contributed by atoms with Gasteiger partial charge in [0.15, 0.2) is 0 Å². The van der Waals surface area contributed by atoms with Gasteiger partial charge in [-0.3, -0.25) is 0 Å². The first-order chi connectivity index (χ1) is 7.74. The van der Waals surface area contributed by atoms with E-state index in [1.165, 1.54) is 0 Å². The molecule has 1 heterocycles. The topological polar surface area (TPSA) is 54.4 Å². The van der Waals surface area contributed by atoms with Crippen molar-refractivity contribution in [2.75, 3.05) is 31.7 Å². The zero-order valence-electron chi connectivity index (χ0n) is 8.75. The number of nitrogens with one attached hydrogen (secondary N) is 1. The lowest BCUT2D eigenvalue weighted by molar-refractivity contribution is 0.0922. The van der Waals surface area contributed by atoms with E-state index >= 15 is 0 Å². The number of ether oxygens (including phenoxy) is 1. The van der Waals surface area contributed by atoms with Crippen molar-refractivity contribution in [3.63, 3.8) is 0 Å². The summed E-state index contributed by atoms with van der Waals surface area (Å²) in [5, 5.41) is 11.7. The Hall–Kier alpha value is -0.170. The summed E-state index contributed by atoms with van der Waals surface area (Å²) in [5.74, 6) is 0.824. The summed E-state index contributed by atoms with van der Waals surface area (Å²) >= 11 is 6.76. The lowest BCUT2D eigenvalue weighted by Gasteiger charge is -2.07. The quantitative estimate of drug-likeness (QED) is 0.739. The van der Waals surface area contributed by atoms with Crippen LogP contribution in [0.1, 0.15) is 6.42 Å². The van der Waals surface area contributed by atoms with Crippen molar-refractivity contribution in [2.45, 2.75) is 6.42 Å². The Morgan fingerprint density at radius 3 is 2.88 bits per heavy atom. The smallest absolute Gasteiger partial charge is 0.140 e. The molecule has 0 spiro atoms. The predicted molar refractivity (Wildman–Crippen MR) is 70.6 cm³/mol. The number of aliphatic hydroxyl groups is 1. The lowest BCUT2D eigenvalue weighted by Crippen LogP contribution is -2.08. The van der Waals surface area contributed by atoms with Gasteiger partial charge in [0.2, 0.25) is 0 Å². The number of hydrogen-bond acceptors (Lipinski definition) is 4. The van der Waals surface area contributed by atoms with Gasteiger partial charge in [0, 0.05) is 23.8 Å². The molecular formula is C10H14Br2N2O2. The summed E-state index contributed by atoms with van der Waals surface area (Å²) in [4.78, 5) is 4.23. The minimum Gasteiger partial charge on any atom is -0.394 e. The number of anilines is 1. The van der Waals surface area contributed by atoms with Crippen LogP contribution in [0.5, 0.6) is 0 Å². The molecule has 0 saturated heterocycles. The number of rotatable bonds is 7. The predicted octanol–water partition coefficient (Wildman–Crippen LogP) is 2.42. The molecule has 6 heteroatoms. The third-order valence-electron chi connectivity index (χ3n) is 1.80. The van der Waals surface area contributed by atoms with Crippen LogP contribution in [0.4, 0.5) is 5.82 Å². The van der Waals surface area contributed by atoms with Gasteiger partial charge in [-0.1, -0.05) is 0 Å². The Labute approximate surface area is 112 Å². The van der Waals surface area contributed by atoms with Gasteiger partial charge in [-0.05, 0) is 44.3 Å². The van der Waals surface area contributed by atoms with Gasteiger partial charge in [0.05, 0.1) is 17.7 Å². The molecule has 0 aliphatic heterocycles. The van der Waals surface area contributed by atoms with Crippen LogP contribution in [0, 0.1) is 0 Å². The van der Waals surface area contributed by atoms with E-state index in [1.807, 2.05) is 6.07 Å². The van der Waals surface area contributed by atoms with E-state index in [0.29, 0.717) is 13.2 Å². The highest BCUT2D eigenvalue weighted by atomic mass is 79.9. The maximum Gasteiger partial charge on any atom is 0.140 e. The summed E-state index contributed by atoms with van der Waals surface area (Å²) in [6, 6.07) is 1.94. The van der Waals surface area contributed by atoms with Crippen LogP contribution in [0.15, 0.2) is 21.2 Å². The molecule has 0 unspecified atom stereocenters. The third kappa shape index (κ3) is 5.25. The van der Waals surface area contributed by atoms with Crippen molar-refractivity contribution in [1.82, 2.24) is 4.98 Å². The summed E-state index contributed by atoms with van der Waals surface area (Å²) in [6.07, 6.45) is 2.62. The van der Waals surface area contributed by atoms with Crippen molar-refractivity contribution in [3.05, 3.63) is 21.2 Å². The van der Waals surface area contributed by atoms with Crippen molar-refractivity contribution in [1.29, 1.82) is 0 Å². The summed E-state index contributed by atoms with van der Waals surface area (Å²) in [6.45, 7) is 1.91. The second kappa shape index (κ2) is 8.00. The number of aromatic nitrogens is 1. The molecular weight excluding hydrogens is 340 g/mol. The SMILES string of the molecule is OCCOCCCNc1ncc(Br)cc1Br. The molecule has 0 aliphatic carbocycles. The van der Waals surface area contributed by atoms with Gasteiger partial charge in [-0.15, -0.1) is 0 Å². The fraction of sp³-hybridized carbons (Fsp3) is 0.500. The zero-order chi connectivity index (χ0) is 11.8.